The molecular formula is C16H13Br2NO4. The second-order valence-electron chi connectivity index (χ2n) is 6.37. The first kappa shape index (κ1) is 15.3. The fourth-order valence-corrected chi connectivity index (χ4v) is 6.25. The number of carboxylic acids is 1. The lowest BCUT2D eigenvalue weighted by molar-refractivity contribution is -0.123. The van der Waals surface area contributed by atoms with E-state index >= 15 is 0 Å². The Morgan fingerprint density at radius 1 is 1.09 bits per heavy atom. The van der Waals surface area contributed by atoms with E-state index in [1.807, 2.05) is 0 Å². The summed E-state index contributed by atoms with van der Waals surface area (Å²) >= 11 is 7.29. The van der Waals surface area contributed by atoms with Crippen LogP contribution in [-0.2, 0) is 9.59 Å². The first-order valence-electron chi connectivity index (χ1n) is 7.41. The monoisotopic (exact) mass is 441 g/mol. The zero-order chi connectivity index (χ0) is 16.5. The van der Waals surface area contributed by atoms with Crippen LogP contribution in [0.25, 0.3) is 0 Å². The van der Waals surface area contributed by atoms with Crippen molar-refractivity contribution in [3.63, 3.8) is 0 Å². The summed E-state index contributed by atoms with van der Waals surface area (Å²) in [6.45, 7) is 0. The topological polar surface area (TPSA) is 74.7 Å². The number of benzene rings is 1. The van der Waals surface area contributed by atoms with Crippen LogP contribution in [0.4, 0.5) is 5.69 Å². The molecule has 3 aliphatic rings. The van der Waals surface area contributed by atoms with Crippen LogP contribution < -0.4 is 4.90 Å². The van der Waals surface area contributed by atoms with Gasteiger partial charge in [0, 0.05) is 9.65 Å². The van der Waals surface area contributed by atoms with Crippen LogP contribution in [0.5, 0.6) is 0 Å². The number of amides is 2. The molecule has 2 amide bonds. The van der Waals surface area contributed by atoms with Crippen molar-refractivity contribution in [3.8, 4) is 0 Å². The van der Waals surface area contributed by atoms with Crippen LogP contribution in [0.3, 0.4) is 0 Å². The van der Waals surface area contributed by atoms with E-state index in [4.69, 9.17) is 5.11 Å². The van der Waals surface area contributed by atoms with Gasteiger partial charge in [-0.25, -0.2) is 4.79 Å². The number of hydrogen-bond acceptors (Lipinski definition) is 3. The number of carbonyl (C=O) groups is 3. The van der Waals surface area contributed by atoms with Crippen molar-refractivity contribution in [1.82, 2.24) is 0 Å². The second-order valence-corrected chi connectivity index (χ2v) is 8.49. The molecule has 1 aliphatic heterocycles. The van der Waals surface area contributed by atoms with Crippen LogP contribution in [0.2, 0.25) is 0 Å². The largest absolute Gasteiger partial charge is 0.478 e. The van der Waals surface area contributed by atoms with E-state index in [1.54, 1.807) is 12.1 Å². The van der Waals surface area contributed by atoms with E-state index in [0.717, 1.165) is 6.42 Å². The number of hydrogen-bond donors (Lipinski definition) is 1. The van der Waals surface area contributed by atoms with Crippen molar-refractivity contribution >= 4 is 55.3 Å². The number of carbonyl (C=O) groups excluding carboxylic acids is 2. The van der Waals surface area contributed by atoms with Crippen LogP contribution in [0.1, 0.15) is 16.8 Å². The van der Waals surface area contributed by atoms with Crippen LogP contribution in [0.15, 0.2) is 24.3 Å². The van der Waals surface area contributed by atoms with E-state index in [9.17, 15) is 14.4 Å². The van der Waals surface area contributed by atoms with Crippen LogP contribution in [-0.4, -0.2) is 32.5 Å². The van der Waals surface area contributed by atoms with E-state index in [1.165, 1.54) is 17.0 Å². The molecule has 4 rings (SSSR count). The predicted molar refractivity (Wildman–Crippen MR) is 89.9 cm³/mol. The molecule has 120 valence electrons. The molecule has 2 saturated carbocycles. The molecule has 0 aromatic heterocycles. The fourth-order valence-electron chi connectivity index (χ4n) is 4.38. The quantitative estimate of drug-likeness (QED) is 0.564. The minimum atomic E-state index is -1.08. The lowest BCUT2D eigenvalue weighted by Crippen LogP contribution is -2.37. The highest BCUT2D eigenvalue weighted by molar-refractivity contribution is 9.12. The lowest BCUT2D eigenvalue weighted by atomic mass is 9.81. The second kappa shape index (κ2) is 5.14. The Morgan fingerprint density at radius 2 is 1.65 bits per heavy atom. The molecular weight excluding hydrogens is 430 g/mol. The summed E-state index contributed by atoms with van der Waals surface area (Å²) in [6, 6.07) is 6.01. The van der Waals surface area contributed by atoms with E-state index in [-0.39, 0.29) is 50.7 Å². The van der Waals surface area contributed by atoms with Gasteiger partial charge in [-0.3, -0.25) is 14.5 Å². The Bertz CT molecular complexity index is 705. The molecule has 23 heavy (non-hydrogen) atoms. The molecule has 1 N–H and O–H groups in total. The molecule has 3 fully saturated rings. The van der Waals surface area contributed by atoms with Crippen molar-refractivity contribution in [2.75, 3.05) is 4.90 Å². The Kier molecular flexibility index (Phi) is 3.43. The van der Waals surface area contributed by atoms with Crippen molar-refractivity contribution in [2.45, 2.75) is 16.1 Å². The van der Waals surface area contributed by atoms with Gasteiger partial charge in [-0.1, -0.05) is 37.9 Å². The molecule has 1 heterocycles. The standard InChI is InChI=1S/C16H13Br2NO4/c17-12-8-5-9(13(12)18)11-10(8)14(20)19(15(11)21)7-3-1-2-6(4-7)16(22)23/h1-4,8-13H,5H2,(H,22,23)/t8-,9-,10-,11+,12+,13+/m1/s1. The van der Waals surface area contributed by atoms with Gasteiger partial charge >= 0.3 is 5.97 Å². The third-order valence-electron chi connectivity index (χ3n) is 5.34. The molecule has 1 saturated heterocycles. The summed E-state index contributed by atoms with van der Waals surface area (Å²) in [5.41, 5.74) is 0.422. The van der Waals surface area contributed by atoms with Crippen molar-refractivity contribution in [2.24, 2.45) is 23.7 Å². The summed E-state index contributed by atoms with van der Waals surface area (Å²) < 4.78 is 0. The lowest BCUT2D eigenvalue weighted by Gasteiger charge is -2.28. The summed E-state index contributed by atoms with van der Waals surface area (Å²) in [4.78, 5) is 38.4. The molecule has 0 spiro atoms. The van der Waals surface area contributed by atoms with Crippen molar-refractivity contribution in [3.05, 3.63) is 29.8 Å². The molecule has 2 bridgehead atoms. The minimum absolute atomic E-state index is 0.0693. The maximum Gasteiger partial charge on any atom is 0.335 e. The summed E-state index contributed by atoms with van der Waals surface area (Å²) in [5.74, 6) is -1.75. The van der Waals surface area contributed by atoms with Crippen LogP contribution in [0, 0.1) is 23.7 Å². The van der Waals surface area contributed by atoms with Gasteiger partial charge in [-0.15, -0.1) is 0 Å². The molecule has 1 aromatic rings. The first-order valence-corrected chi connectivity index (χ1v) is 9.24. The van der Waals surface area contributed by atoms with Gasteiger partial charge < -0.3 is 5.11 Å². The van der Waals surface area contributed by atoms with Gasteiger partial charge in [0.25, 0.3) is 0 Å². The molecule has 0 radical (unpaired) electrons. The van der Waals surface area contributed by atoms with Gasteiger partial charge in [0.2, 0.25) is 11.8 Å². The number of aromatic carboxylic acids is 1. The molecule has 0 unspecified atom stereocenters. The molecule has 7 heteroatoms. The minimum Gasteiger partial charge on any atom is -0.478 e. The summed E-state index contributed by atoms with van der Waals surface area (Å²) in [5, 5.41) is 9.11. The van der Waals surface area contributed by atoms with Gasteiger partial charge in [-0.2, -0.15) is 0 Å². The third-order valence-corrected chi connectivity index (χ3v) is 8.55. The van der Waals surface area contributed by atoms with Gasteiger partial charge in [0.05, 0.1) is 23.1 Å². The average Bonchev–Trinajstić information content (AvgIpc) is 3.12. The Labute approximate surface area is 149 Å². The fraction of sp³-hybridized carbons (Fsp3) is 0.438. The molecule has 2 aliphatic carbocycles. The number of alkyl halides is 2. The number of carboxylic acid groups (broad SMARTS) is 1. The van der Waals surface area contributed by atoms with E-state index in [2.05, 4.69) is 31.9 Å². The Morgan fingerprint density at radius 3 is 2.17 bits per heavy atom. The van der Waals surface area contributed by atoms with Gasteiger partial charge in [0.15, 0.2) is 0 Å². The number of halogens is 2. The maximum absolute atomic E-state index is 12.8. The SMILES string of the molecule is O=C(O)c1cccc(N2C(=O)[C@@H]3[C@H]4C[C@@H]([C@H](Br)[C@H]4Br)[C@@H]3C2=O)c1. The number of fused-ring (bicyclic) bond motifs is 5. The average molecular weight is 443 g/mol. The highest BCUT2D eigenvalue weighted by Gasteiger charge is 2.66. The summed E-state index contributed by atoms with van der Waals surface area (Å²) in [6.07, 6.45) is 0.877. The normalized spacial score (nSPS) is 38.3. The zero-order valence-electron chi connectivity index (χ0n) is 11.9. The van der Waals surface area contributed by atoms with Crippen LogP contribution >= 0.6 is 31.9 Å². The van der Waals surface area contributed by atoms with Crippen molar-refractivity contribution < 1.29 is 19.5 Å². The highest BCUT2D eigenvalue weighted by Crippen LogP contribution is 2.60. The molecule has 6 atom stereocenters. The Hall–Kier alpha value is -1.21. The van der Waals surface area contributed by atoms with Gasteiger partial charge in [0.1, 0.15) is 0 Å². The van der Waals surface area contributed by atoms with Gasteiger partial charge in [-0.05, 0) is 36.5 Å². The van der Waals surface area contributed by atoms with Crippen molar-refractivity contribution in [1.29, 1.82) is 0 Å². The van der Waals surface area contributed by atoms with E-state index in [0.29, 0.717) is 5.69 Å². The van der Waals surface area contributed by atoms with E-state index < -0.39 is 5.97 Å². The number of imide groups is 1. The number of anilines is 1. The number of rotatable bonds is 2. The smallest absolute Gasteiger partial charge is 0.335 e. The highest BCUT2D eigenvalue weighted by atomic mass is 79.9. The zero-order valence-corrected chi connectivity index (χ0v) is 15.0. The number of nitrogens with zero attached hydrogens (tertiary/aromatic N) is 1. The predicted octanol–water partition coefficient (Wildman–Crippen LogP) is 2.67. The Balaban J connectivity index is 1.73. The first-order chi connectivity index (χ1) is 10.9. The maximum atomic E-state index is 12.8. The molecule has 1 aromatic carbocycles. The molecule has 5 nitrogen and oxygen atoms in total. The third kappa shape index (κ3) is 1.99. The summed E-state index contributed by atoms with van der Waals surface area (Å²) in [7, 11) is 0.